The minimum absolute atomic E-state index is 0.0318. The van der Waals surface area contributed by atoms with Crippen LogP contribution in [0.15, 0.2) is 59.7 Å². The number of rotatable bonds is 4. The van der Waals surface area contributed by atoms with E-state index < -0.39 is 0 Å². The maximum atomic E-state index is 14.1. The van der Waals surface area contributed by atoms with Gasteiger partial charge in [-0.2, -0.15) is 5.10 Å². The number of nitrogens with zero attached hydrogens (tertiary/aromatic N) is 6. The van der Waals surface area contributed by atoms with E-state index in [-0.39, 0.29) is 29.8 Å². The molecule has 0 saturated carbocycles. The summed E-state index contributed by atoms with van der Waals surface area (Å²) >= 11 is 0. The number of pyridine rings is 1. The Balaban J connectivity index is 1.40. The fraction of sp³-hybridized carbons (Fsp3) is 0.333. The summed E-state index contributed by atoms with van der Waals surface area (Å²) in [6.07, 6.45) is 7.05. The molecule has 2 saturated heterocycles. The van der Waals surface area contributed by atoms with Crippen LogP contribution in [0.5, 0.6) is 5.75 Å². The van der Waals surface area contributed by atoms with Crippen molar-refractivity contribution in [1.82, 2.24) is 39.1 Å². The van der Waals surface area contributed by atoms with Crippen molar-refractivity contribution in [1.29, 1.82) is 0 Å². The number of imidazole rings is 1. The smallest absolute Gasteiger partial charge is 0.329 e. The van der Waals surface area contributed by atoms with Crippen molar-refractivity contribution in [3.8, 4) is 28.1 Å². The number of piperidine rings is 1. The van der Waals surface area contributed by atoms with Gasteiger partial charge in [-0.15, -0.1) is 0 Å². The third-order valence-electron chi connectivity index (χ3n) is 9.81. The zero-order valence-electron chi connectivity index (χ0n) is 25.2. The average molecular weight is 591 g/mol. The number of urea groups is 1. The molecule has 2 amide bonds. The van der Waals surface area contributed by atoms with Gasteiger partial charge in [0.05, 0.1) is 47.1 Å². The Morgan fingerprint density at radius 3 is 2.41 bits per heavy atom. The number of aromatic nitrogens is 6. The van der Waals surface area contributed by atoms with Gasteiger partial charge in [0.2, 0.25) is 0 Å². The SMILES string of the molecule is CNC(=O)N1C2CC[C@H]1CC(n1c(=O)n(C)c3cnc4[nH]c(-c5ccc(OC)cc5)c(-c5ccc6c(cnn6C)c5)c4c31)C2. The number of carbonyl (C=O) groups is 1. The normalized spacial score (nSPS) is 19.8. The maximum absolute atomic E-state index is 14.1. The van der Waals surface area contributed by atoms with Crippen molar-refractivity contribution < 1.29 is 9.53 Å². The zero-order valence-corrected chi connectivity index (χ0v) is 25.2. The van der Waals surface area contributed by atoms with Crippen molar-refractivity contribution in [2.45, 2.75) is 43.8 Å². The van der Waals surface area contributed by atoms with Crippen molar-refractivity contribution >= 4 is 39.0 Å². The molecule has 2 aliphatic rings. The molecular weight excluding hydrogens is 556 g/mol. The minimum Gasteiger partial charge on any atom is -0.497 e. The number of H-pyrrole nitrogens is 1. The fourth-order valence-corrected chi connectivity index (χ4v) is 7.72. The van der Waals surface area contributed by atoms with E-state index in [9.17, 15) is 9.59 Å². The number of fused-ring (bicyclic) bond motifs is 6. The van der Waals surface area contributed by atoms with Crippen LogP contribution in [0.1, 0.15) is 31.7 Å². The molecule has 2 aliphatic heterocycles. The molecule has 6 aromatic rings. The van der Waals surface area contributed by atoms with Gasteiger partial charge in [-0.25, -0.2) is 14.6 Å². The summed E-state index contributed by atoms with van der Waals surface area (Å²) in [5.74, 6) is 0.776. The molecule has 8 rings (SSSR count). The van der Waals surface area contributed by atoms with Crippen molar-refractivity contribution in [3.05, 3.63) is 65.3 Å². The second-order valence-electron chi connectivity index (χ2n) is 12.0. The lowest BCUT2D eigenvalue weighted by Gasteiger charge is -2.39. The highest BCUT2D eigenvalue weighted by atomic mass is 16.5. The molecule has 0 spiro atoms. The molecular formula is C33H34N8O3. The van der Waals surface area contributed by atoms with Gasteiger partial charge in [-0.05, 0) is 73.2 Å². The summed E-state index contributed by atoms with van der Waals surface area (Å²) in [4.78, 5) is 37.3. The lowest BCUT2D eigenvalue weighted by Crippen LogP contribution is -2.51. The Morgan fingerprint density at radius 1 is 0.977 bits per heavy atom. The molecule has 0 radical (unpaired) electrons. The van der Waals surface area contributed by atoms with Crippen LogP contribution in [0.4, 0.5) is 4.79 Å². The average Bonchev–Trinajstić information content (AvgIpc) is 3.76. The summed E-state index contributed by atoms with van der Waals surface area (Å²) in [5.41, 5.74) is 7.25. The molecule has 3 atom stereocenters. The molecule has 6 heterocycles. The maximum Gasteiger partial charge on any atom is 0.329 e. The number of nitrogens with one attached hydrogen (secondary N) is 2. The highest BCUT2D eigenvalue weighted by Crippen LogP contribution is 2.45. The van der Waals surface area contributed by atoms with Gasteiger partial charge in [-0.1, -0.05) is 6.07 Å². The van der Waals surface area contributed by atoms with Crippen LogP contribution >= 0.6 is 0 Å². The van der Waals surface area contributed by atoms with Crippen molar-refractivity contribution in [2.24, 2.45) is 14.1 Å². The third-order valence-corrected chi connectivity index (χ3v) is 9.81. The second kappa shape index (κ2) is 9.73. The third kappa shape index (κ3) is 3.74. The highest BCUT2D eigenvalue weighted by molar-refractivity contribution is 6.14. The van der Waals surface area contributed by atoms with Crippen LogP contribution in [0.25, 0.3) is 55.4 Å². The molecule has 2 aromatic carbocycles. The van der Waals surface area contributed by atoms with Crippen LogP contribution in [0, 0.1) is 0 Å². The van der Waals surface area contributed by atoms with E-state index in [1.54, 1.807) is 24.9 Å². The van der Waals surface area contributed by atoms with Gasteiger partial charge in [0.15, 0.2) is 0 Å². The standard InChI is InChI=1S/C33H34N8O3/c1-34-32(42)40-21-8-9-22(40)15-23(14-21)41-30-26(38(2)33(41)43)17-35-31-28(30)27(19-7-12-25-20(13-19)16-36-39(25)3)29(37-31)18-5-10-24(44-4)11-6-18/h5-7,10-13,16-17,21-23H,8-9,14-15H2,1-4H3,(H,34,42)(H,35,37)/t21-,22?,23?/m0/s1. The minimum atomic E-state index is -0.0621. The number of aryl methyl sites for hydroxylation is 2. The molecule has 0 aliphatic carbocycles. The van der Waals surface area contributed by atoms with Gasteiger partial charge in [0, 0.05) is 50.2 Å². The molecule has 11 heteroatoms. The van der Waals surface area contributed by atoms with Crippen LogP contribution < -0.4 is 15.7 Å². The van der Waals surface area contributed by atoms with Crippen molar-refractivity contribution in [2.75, 3.05) is 14.2 Å². The van der Waals surface area contributed by atoms with Crippen LogP contribution in [0.2, 0.25) is 0 Å². The number of benzene rings is 2. The van der Waals surface area contributed by atoms with Crippen molar-refractivity contribution in [3.63, 3.8) is 0 Å². The van der Waals surface area contributed by atoms with E-state index in [2.05, 4.69) is 33.6 Å². The predicted molar refractivity (Wildman–Crippen MR) is 170 cm³/mol. The number of aromatic amines is 1. The first-order chi connectivity index (χ1) is 21.4. The fourth-order valence-electron chi connectivity index (χ4n) is 7.72. The van der Waals surface area contributed by atoms with Gasteiger partial charge < -0.3 is 19.9 Å². The van der Waals surface area contributed by atoms with E-state index in [4.69, 9.17) is 9.72 Å². The first kappa shape index (κ1) is 26.6. The molecule has 2 bridgehead atoms. The summed E-state index contributed by atoms with van der Waals surface area (Å²) in [5, 5.41) is 9.22. The van der Waals surface area contributed by atoms with Gasteiger partial charge in [-0.3, -0.25) is 13.8 Å². The Kier molecular flexibility index (Phi) is 5.87. The lowest BCUT2D eigenvalue weighted by molar-refractivity contribution is 0.125. The molecule has 4 aromatic heterocycles. The number of hydrogen-bond acceptors (Lipinski definition) is 5. The summed E-state index contributed by atoms with van der Waals surface area (Å²) in [6, 6.07) is 14.5. The predicted octanol–water partition coefficient (Wildman–Crippen LogP) is 4.95. The number of amides is 2. The van der Waals surface area contributed by atoms with Gasteiger partial charge in [0.1, 0.15) is 11.4 Å². The Labute approximate surface area is 253 Å². The topological polar surface area (TPSA) is 115 Å². The van der Waals surface area contributed by atoms with Gasteiger partial charge >= 0.3 is 11.7 Å². The van der Waals surface area contributed by atoms with Crippen LogP contribution in [0.3, 0.4) is 0 Å². The number of carbonyl (C=O) groups excluding carboxylic acids is 1. The van der Waals surface area contributed by atoms with E-state index in [1.165, 1.54) is 0 Å². The number of methoxy groups -OCH3 is 1. The molecule has 2 N–H and O–H groups in total. The van der Waals surface area contributed by atoms with E-state index in [0.29, 0.717) is 0 Å². The number of ether oxygens (including phenoxy) is 1. The van der Waals surface area contributed by atoms with E-state index in [1.807, 2.05) is 58.7 Å². The van der Waals surface area contributed by atoms with E-state index >= 15 is 0 Å². The first-order valence-corrected chi connectivity index (χ1v) is 15.1. The summed E-state index contributed by atoms with van der Waals surface area (Å²) in [7, 11) is 7.10. The molecule has 44 heavy (non-hydrogen) atoms. The summed E-state index contributed by atoms with van der Waals surface area (Å²) in [6.45, 7) is 0. The van der Waals surface area contributed by atoms with E-state index in [0.717, 1.165) is 86.8 Å². The van der Waals surface area contributed by atoms with Gasteiger partial charge in [0.25, 0.3) is 0 Å². The molecule has 2 fully saturated rings. The Morgan fingerprint density at radius 2 is 1.70 bits per heavy atom. The molecule has 224 valence electrons. The largest absolute Gasteiger partial charge is 0.497 e. The lowest BCUT2D eigenvalue weighted by atomic mass is 9.95. The molecule has 11 nitrogen and oxygen atoms in total. The zero-order chi connectivity index (χ0) is 30.3. The number of hydrogen-bond donors (Lipinski definition) is 2. The Hall–Kier alpha value is -5.06. The Bertz CT molecular complexity index is 2140. The molecule has 2 unspecified atom stereocenters. The highest BCUT2D eigenvalue weighted by Gasteiger charge is 2.44. The second-order valence-corrected chi connectivity index (χ2v) is 12.0. The van der Waals surface area contributed by atoms with Crippen LogP contribution in [-0.2, 0) is 14.1 Å². The monoisotopic (exact) mass is 590 g/mol. The first-order valence-electron chi connectivity index (χ1n) is 15.1. The summed E-state index contributed by atoms with van der Waals surface area (Å²) < 4.78 is 11.0. The van der Waals surface area contributed by atoms with Crippen LogP contribution in [-0.4, -0.2) is 66.1 Å². The quantitative estimate of drug-likeness (QED) is 0.302.